The van der Waals surface area contributed by atoms with Gasteiger partial charge in [0.15, 0.2) is 0 Å². The predicted molar refractivity (Wildman–Crippen MR) is 53.2 cm³/mol. The van der Waals surface area contributed by atoms with Gasteiger partial charge in [-0.15, -0.1) is 0 Å². The Labute approximate surface area is 80.4 Å². The van der Waals surface area contributed by atoms with Crippen LogP contribution in [0.4, 0.5) is 4.79 Å². The van der Waals surface area contributed by atoms with Crippen molar-refractivity contribution in [1.29, 1.82) is 0 Å². The van der Waals surface area contributed by atoms with E-state index in [-0.39, 0.29) is 0 Å². The van der Waals surface area contributed by atoms with Gasteiger partial charge in [-0.3, -0.25) is 0 Å². The second kappa shape index (κ2) is 5.59. The molecule has 5 heteroatoms. The summed E-state index contributed by atoms with van der Waals surface area (Å²) in [7, 11) is 3.01. The number of nitrogens with zero attached hydrogens (tertiary/aromatic N) is 1. The highest BCUT2D eigenvalue weighted by molar-refractivity contribution is 8.75. The zero-order chi connectivity index (χ0) is 8.81. The van der Waals surface area contributed by atoms with Crippen molar-refractivity contribution in [2.45, 2.75) is 25.7 Å². The molecule has 0 spiro atoms. The fourth-order valence-corrected chi connectivity index (χ4v) is 3.20. The fourth-order valence-electron chi connectivity index (χ4n) is 1.04. The summed E-state index contributed by atoms with van der Waals surface area (Å²) in [6, 6.07) is 0. The fraction of sp³-hybridized carbons (Fsp3) is 0.857. The van der Waals surface area contributed by atoms with E-state index in [1.54, 1.807) is 10.8 Å². The Morgan fingerprint density at radius 2 is 2.00 bits per heavy atom. The molecule has 1 N–H and O–H groups in total. The van der Waals surface area contributed by atoms with Gasteiger partial charge in [0.2, 0.25) is 0 Å². The minimum atomic E-state index is -0.811. The molecule has 0 bridgehead atoms. The first kappa shape index (κ1) is 10.1. The lowest BCUT2D eigenvalue weighted by Crippen LogP contribution is -2.22. The molecule has 1 aliphatic rings. The van der Waals surface area contributed by atoms with Crippen LogP contribution < -0.4 is 0 Å². The molecule has 0 aromatic rings. The van der Waals surface area contributed by atoms with Gasteiger partial charge < -0.3 is 5.11 Å². The van der Waals surface area contributed by atoms with Gasteiger partial charge in [0.1, 0.15) is 0 Å². The Hall–Kier alpha value is -0.0300. The van der Waals surface area contributed by atoms with Crippen molar-refractivity contribution in [2.75, 3.05) is 12.3 Å². The Morgan fingerprint density at radius 1 is 1.25 bits per heavy atom. The van der Waals surface area contributed by atoms with Gasteiger partial charge in [-0.1, -0.05) is 23.6 Å². The van der Waals surface area contributed by atoms with Crippen molar-refractivity contribution in [3.05, 3.63) is 0 Å². The topological polar surface area (TPSA) is 40.5 Å². The van der Waals surface area contributed by atoms with Crippen LogP contribution in [0.1, 0.15) is 25.7 Å². The molecular weight excluding hydrogens is 194 g/mol. The minimum absolute atomic E-state index is 0.674. The molecule has 3 nitrogen and oxygen atoms in total. The SMILES string of the molecule is O=C(O)N1CCCCCCSS1. The third-order valence-corrected chi connectivity index (χ3v) is 4.13. The molecule has 1 heterocycles. The Kier molecular flexibility index (Phi) is 4.68. The molecule has 12 heavy (non-hydrogen) atoms. The molecule has 1 fully saturated rings. The maximum absolute atomic E-state index is 10.6. The average Bonchev–Trinajstić information content (AvgIpc) is 2.15. The number of hydrogen-bond donors (Lipinski definition) is 1. The molecule has 0 aromatic carbocycles. The van der Waals surface area contributed by atoms with Gasteiger partial charge in [0.05, 0.1) is 0 Å². The van der Waals surface area contributed by atoms with Crippen molar-refractivity contribution in [3.8, 4) is 0 Å². The molecule has 0 unspecified atom stereocenters. The lowest BCUT2D eigenvalue weighted by atomic mass is 10.2. The summed E-state index contributed by atoms with van der Waals surface area (Å²) < 4.78 is 1.43. The molecular formula is C7H13NO2S2. The monoisotopic (exact) mass is 207 g/mol. The predicted octanol–water partition coefficient (Wildman–Crippen LogP) is 2.84. The van der Waals surface area contributed by atoms with Crippen LogP contribution in [0, 0.1) is 0 Å². The Bertz CT molecular complexity index is 144. The van der Waals surface area contributed by atoms with Crippen molar-refractivity contribution >= 4 is 27.9 Å². The van der Waals surface area contributed by atoms with E-state index in [4.69, 9.17) is 5.11 Å². The van der Waals surface area contributed by atoms with Crippen LogP contribution in [-0.4, -0.2) is 27.8 Å². The number of carboxylic acid groups (broad SMARTS) is 1. The first-order chi connectivity index (χ1) is 5.80. The van der Waals surface area contributed by atoms with Crippen molar-refractivity contribution in [1.82, 2.24) is 4.31 Å². The Balaban J connectivity index is 2.33. The van der Waals surface area contributed by atoms with E-state index in [0.29, 0.717) is 6.54 Å². The summed E-state index contributed by atoms with van der Waals surface area (Å²) in [6.45, 7) is 0.674. The summed E-state index contributed by atoms with van der Waals surface area (Å²) in [5.41, 5.74) is 0. The van der Waals surface area contributed by atoms with E-state index in [0.717, 1.165) is 18.6 Å². The number of carbonyl (C=O) groups is 1. The Morgan fingerprint density at radius 3 is 2.75 bits per heavy atom. The second-order valence-corrected chi connectivity index (χ2v) is 5.08. The number of hydrogen-bond acceptors (Lipinski definition) is 3. The normalized spacial score (nSPS) is 20.8. The third kappa shape index (κ3) is 3.58. The standard InChI is InChI=1S/C7H13NO2S2/c9-7(10)8-5-3-1-2-4-6-11-12-8/h1-6H2,(H,9,10). The van der Waals surface area contributed by atoms with E-state index >= 15 is 0 Å². The van der Waals surface area contributed by atoms with Gasteiger partial charge in [-0.25, -0.2) is 9.10 Å². The van der Waals surface area contributed by atoms with Crippen LogP contribution in [0.3, 0.4) is 0 Å². The summed E-state index contributed by atoms with van der Waals surface area (Å²) in [6.07, 6.45) is 3.80. The zero-order valence-electron chi connectivity index (χ0n) is 6.86. The van der Waals surface area contributed by atoms with Gasteiger partial charge in [0, 0.05) is 23.3 Å². The van der Waals surface area contributed by atoms with Crippen LogP contribution >= 0.6 is 21.8 Å². The van der Waals surface area contributed by atoms with Crippen molar-refractivity contribution < 1.29 is 9.90 Å². The highest BCUT2D eigenvalue weighted by Gasteiger charge is 2.13. The molecule has 0 saturated carbocycles. The van der Waals surface area contributed by atoms with Crippen molar-refractivity contribution in [3.63, 3.8) is 0 Å². The van der Waals surface area contributed by atoms with Crippen LogP contribution in [0.15, 0.2) is 0 Å². The lowest BCUT2D eigenvalue weighted by Gasteiger charge is -2.14. The maximum atomic E-state index is 10.6. The summed E-state index contributed by atoms with van der Waals surface area (Å²) in [4.78, 5) is 10.6. The molecule has 1 rings (SSSR count). The van der Waals surface area contributed by atoms with Crippen LogP contribution in [-0.2, 0) is 0 Å². The number of amides is 1. The first-order valence-corrected chi connectivity index (χ1v) is 6.38. The molecule has 1 saturated heterocycles. The summed E-state index contributed by atoms with van der Waals surface area (Å²) in [5.74, 6) is 1.06. The highest BCUT2D eigenvalue weighted by Crippen LogP contribution is 2.29. The van der Waals surface area contributed by atoms with Gasteiger partial charge in [-0.05, 0) is 12.8 Å². The van der Waals surface area contributed by atoms with E-state index in [9.17, 15) is 4.79 Å². The van der Waals surface area contributed by atoms with E-state index in [2.05, 4.69) is 0 Å². The highest BCUT2D eigenvalue weighted by atomic mass is 33.1. The molecule has 1 aliphatic heterocycles. The van der Waals surface area contributed by atoms with E-state index < -0.39 is 6.09 Å². The maximum Gasteiger partial charge on any atom is 0.418 e. The van der Waals surface area contributed by atoms with Gasteiger partial charge in [-0.2, -0.15) is 0 Å². The molecule has 0 atom stereocenters. The van der Waals surface area contributed by atoms with Crippen LogP contribution in [0.5, 0.6) is 0 Å². The lowest BCUT2D eigenvalue weighted by molar-refractivity contribution is 0.175. The second-order valence-electron chi connectivity index (χ2n) is 2.70. The smallest absolute Gasteiger partial charge is 0.418 e. The first-order valence-electron chi connectivity index (χ1n) is 4.11. The average molecular weight is 207 g/mol. The quantitative estimate of drug-likeness (QED) is 0.490. The molecule has 0 aromatic heterocycles. The number of rotatable bonds is 0. The summed E-state index contributed by atoms with van der Waals surface area (Å²) in [5, 5.41) is 8.74. The van der Waals surface area contributed by atoms with E-state index in [1.165, 1.54) is 28.1 Å². The third-order valence-electron chi connectivity index (χ3n) is 1.69. The van der Waals surface area contributed by atoms with Crippen LogP contribution in [0.25, 0.3) is 0 Å². The van der Waals surface area contributed by atoms with Crippen molar-refractivity contribution in [2.24, 2.45) is 0 Å². The van der Waals surface area contributed by atoms with Crippen LogP contribution in [0.2, 0.25) is 0 Å². The molecule has 0 radical (unpaired) electrons. The molecule has 1 amide bonds. The largest absolute Gasteiger partial charge is 0.464 e. The van der Waals surface area contributed by atoms with E-state index in [1.807, 2.05) is 0 Å². The zero-order valence-corrected chi connectivity index (χ0v) is 8.49. The minimum Gasteiger partial charge on any atom is -0.464 e. The van der Waals surface area contributed by atoms with Gasteiger partial charge in [0.25, 0.3) is 0 Å². The summed E-state index contributed by atoms with van der Waals surface area (Å²) >= 11 is 0. The van der Waals surface area contributed by atoms with Gasteiger partial charge >= 0.3 is 6.09 Å². The molecule has 70 valence electrons. The molecule has 0 aliphatic carbocycles.